The molecule has 4 heteroatoms. The molecule has 0 amide bonds. The largest absolute Gasteiger partial charge is 0.353 e. The van der Waals surface area contributed by atoms with Crippen molar-refractivity contribution in [1.82, 2.24) is 9.27 Å². The van der Waals surface area contributed by atoms with Crippen LogP contribution in [0.1, 0.15) is 36.3 Å². The number of rotatable bonds is 6. The standard InChI is InChI=1S/C23H27N3S/c1-2-9-20-18(7-1)17-19(20)8-5-6-12-25-13-15-26(16-14-25)23-21-10-3-4-11-22(21)27-24-23/h1-4,7,9-11,19H,5-6,8,12-17H2. The van der Waals surface area contributed by atoms with Gasteiger partial charge in [-0.05, 0) is 66.5 Å². The quantitative estimate of drug-likeness (QED) is 0.568. The lowest BCUT2D eigenvalue weighted by molar-refractivity contribution is 0.250. The molecular formula is C23H27N3S. The average molecular weight is 378 g/mol. The summed E-state index contributed by atoms with van der Waals surface area (Å²) < 4.78 is 6.02. The average Bonchev–Trinajstić information content (AvgIpc) is 3.13. The van der Waals surface area contributed by atoms with E-state index in [1.807, 2.05) is 0 Å². The molecule has 0 bridgehead atoms. The van der Waals surface area contributed by atoms with Gasteiger partial charge in [0, 0.05) is 31.6 Å². The maximum absolute atomic E-state index is 4.72. The second kappa shape index (κ2) is 7.61. The van der Waals surface area contributed by atoms with E-state index < -0.39 is 0 Å². The Labute approximate surface area is 165 Å². The lowest BCUT2D eigenvalue weighted by atomic mass is 9.75. The second-order valence-electron chi connectivity index (χ2n) is 7.93. The Balaban J connectivity index is 1.06. The van der Waals surface area contributed by atoms with Crippen molar-refractivity contribution in [2.75, 3.05) is 37.6 Å². The fourth-order valence-corrected chi connectivity index (χ4v) is 5.43. The van der Waals surface area contributed by atoms with Crippen LogP contribution in [0.3, 0.4) is 0 Å². The summed E-state index contributed by atoms with van der Waals surface area (Å²) in [4.78, 5) is 5.11. The minimum absolute atomic E-state index is 0.830. The number of hydrogen-bond donors (Lipinski definition) is 0. The summed E-state index contributed by atoms with van der Waals surface area (Å²) in [7, 11) is 0. The van der Waals surface area contributed by atoms with Crippen molar-refractivity contribution in [3.05, 3.63) is 59.7 Å². The van der Waals surface area contributed by atoms with Crippen LogP contribution in [-0.2, 0) is 6.42 Å². The molecule has 1 fully saturated rings. The van der Waals surface area contributed by atoms with Gasteiger partial charge in [-0.15, -0.1) is 0 Å². The summed E-state index contributed by atoms with van der Waals surface area (Å²) in [5, 5.41) is 1.32. The van der Waals surface area contributed by atoms with E-state index in [-0.39, 0.29) is 0 Å². The van der Waals surface area contributed by atoms with Gasteiger partial charge in [0.25, 0.3) is 0 Å². The van der Waals surface area contributed by atoms with Crippen LogP contribution in [0.4, 0.5) is 5.82 Å². The number of unbranched alkanes of at least 4 members (excludes halogenated alkanes) is 1. The summed E-state index contributed by atoms with van der Waals surface area (Å²) >= 11 is 1.63. The van der Waals surface area contributed by atoms with Crippen LogP contribution in [0.25, 0.3) is 10.1 Å². The zero-order valence-electron chi connectivity index (χ0n) is 15.8. The second-order valence-corrected chi connectivity index (χ2v) is 8.73. The molecule has 5 rings (SSSR count). The fraction of sp³-hybridized carbons (Fsp3) is 0.435. The van der Waals surface area contributed by atoms with Gasteiger partial charge in [0.1, 0.15) is 5.82 Å². The minimum atomic E-state index is 0.830. The summed E-state index contributed by atoms with van der Waals surface area (Å²) in [5.41, 5.74) is 3.19. The van der Waals surface area contributed by atoms with Gasteiger partial charge in [0.15, 0.2) is 0 Å². The molecule has 1 saturated heterocycles. The van der Waals surface area contributed by atoms with E-state index in [9.17, 15) is 0 Å². The molecule has 0 radical (unpaired) electrons. The van der Waals surface area contributed by atoms with Crippen molar-refractivity contribution >= 4 is 27.4 Å². The van der Waals surface area contributed by atoms with E-state index in [4.69, 9.17) is 4.37 Å². The summed E-state index contributed by atoms with van der Waals surface area (Å²) in [6.07, 6.45) is 5.35. The zero-order valence-corrected chi connectivity index (χ0v) is 16.6. The molecule has 2 heterocycles. The zero-order chi connectivity index (χ0) is 18.1. The lowest BCUT2D eigenvalue weighted by Gasteiger charge is -2.35. The van der Waals surface area contributed by atoms with Gasteiger partial charge < -0.3 is 4.90 Å². The van der Waals surface area contributed by atoms with Crippen molar-refractivity contribution in [3.8, 4) is 0 Å². The van der Waals surface area contributed by atoms with E-state index in [0.29, 0.717) is 0 Å². The predicted molar refractivity (Wildman–Crippen MR) is 115 cm³/mol. The predicted octanol–water partition coefficient (Wildman–Crippen LogP) is 4.93. The van der Waals surface area contributed by atoms with E-state index in [2.05, 4.69) is 58.3 Å². The Morgan fingerprint density at radius 1 is 0.926 bits per heavy atom. The fourth-order valence-electron chi connectivity index (χ4n) is 4.63. The molecule has 2 aromatic carbocycles. The molecule has 1 aliphatic carbocycles. The number of piperazine rings is 1. The molecule has 0 spiro atoms. The van der Waals surface area contributed by atoms with Gasteiger partial charge in [-0.3, -0.25) is 4.90 Å². The molecular weight excluding hydrogens is 350 g/mol. The van der Waals surface area contributed by atoms with E-state index in [1.54, 1.807) is 22.7 Å². The minimum Gasteiger partial charge on any atom is -0.353 e. The highest BCUT2D eigenvalue weighted by Crippen LogP contribution is 2.38. The van der Waals surface area contributed by atoms with Gasteiger partial charge in [-0.2, -0.15) is 4.37 Å². The Hall–Kier alpha value is -1.91. The number of hydrogen-bond acceptors (Lipinski definition) is 4. The summed E-state index contributed by atoms with van der Waals surface area (Å²) in [6, 6.07) is 17.6. The molecule has 0 saturated carbocycles. The first kappa shape index (κ1) is 17.2. The highest BCUT2D eigenvalue weighted by molar-refractivity contribution is 7.13. The lowest BCUT2D eigenvalue weighted by Crippen LogP contribution is -2.46. The first-order valence-electron chi connectivity index (χ1n) is 10.3. The molecule has 1 aromatic heterocycles. The maximum Gasteiger partial charge on any atom is 0.150 e. The third-order valence-corrected chi connectivity index (χ3v) is 7.09. The van der Waals surface area contributed by atoms with Crippen molar-refractivity contribution in [3.63, 3.8) is 0 Å². The van der Waals surface area contributed by atoms with E-state index >= 15 is 0 Å². The first-order valence-corrected chi connectivity index (χ1v) is 11.1. The number of benzene rings is 2. The van der Waals surface area contributed by atoms with Crippen LogP contribution in [-0.4, -0.2) is 42.0 Å². The van der Waals surface area contributed by atoms with Crippen LogP contribution in [0.5, 0.6) is 0 Å². The van der Waals surface area contributed by atoms with Crippen molar-refractivity contribution in [2.45, 2.75) is 31.6 Å². The van der Waals surface area contributed by atoms with Crippen molar-refractivity contribution in [1.29, 1.82) is 0 Å². The van der Waals surface area contributed by atoms with Crippen LogP contribution in [0.15, 0.2) is 48.5 Å². The Morgan fingerprint density at radius 2 is 1.74 bits per heavy atom. The Bertz CT molecular complexity index is 911. The van der Waals surface area contributed by atoms with Gasteiger partial charge in [0.05, 0.1) is 4.70 Å². The Kier molecular flexibility index (Phi) is 4.85. The molecule has 3 nitrogen and oxygen atoms in total. The smallest absolute Gasteiger partial charge is 0.150 e. The van der Waals surface area contributed by atoms with Crippen LogP contribution in [0.2, 0.25) is 0 Å². The van der Waals surface area contributed by atoms with E-state index in [0.717, 1.165) is 32.1 Å². The number of anilines is 1. The topological polar surface area (TPSA) is 19.4 Å². The molecule has 1 aliphatic heterocycles. The van der Waals surface area contributed by atoms with Gasteiger partial charge in [-0.25, -0.2) is 0 Å². The van der Waals surface area contributed by atoms with Crippen LogP contribution < -0.4 is 4.90 Å². The van der Waals surface area contributed by atoms with Gasteiger partial charge in [0.2, 0.25) is 0 Å². The third kappa shape index (κ3) is 3.48. The van der Waals surface area contributed by atoms with Gasteiger partial charge in [-0.1, -0.05) is 42.8 Å². The van der Waals surface area contributed by atoms with Crippen LogP contribution in [0, 0.1) is 0 Å². The number of fused-ring (bicyclic) bond motifs is 2. The maximum atomic E-state index is 4.72. The normalized spacial score (nSPS) is 19.9. The highest BCUT2D eigenvalue weighted by atomic mass is 32.1. The Morgan fingerprint density at radius 3 is 2.63 bits per heavy atom. The SMILES string of the molecule is c1ccc2c(c1)CC2CCCCN1CCN(c2nsc3ccccc23)CC1. The molecule has 1 unspecified atom stereocenters. The molecule has 27 heavy (non-hydrogen) atoms. The third-order valence-electron chi connectivity index (χ3n) is 6.27. The summed E-state index contributed by atoms with van der Waals surface area (Å²) in [6.45, 7) is 5.78. The molecule has 0 N–H and O–H groups in total. The van der Waals surface area contributed by atoms with Crippen LogP contribution >= 0.6 is 11.5 Å². The number of nitrogens with zero attached hydrogens (tertiary/aromatic N) is 3. The van der Waals surface area contributed by atoms with Crippen molar-refractivity contribution < 1.29 is 0 Å². The molecule has 3 aromatic rings. The summed E-state index contributed by atoms with van der Waals surface area (Å²) in [5.74, 6) is 2.02. The molecule has 1 atom stereocenters. The molecule has 2 aliphatic rings. The van der Waals surface area contributed by atoms with E-state index in [1.165, 1.54) is 48.1 Å². The first-order chi connectivity index (χ1) is 13.4. The van der Waals surface area contributed by atoms with Crippen molar-refractivity contribution in [2.24, 2.45) is 0 Å². The molecule has 140 valence electrons. The highest BCUT2D eigenvalue weighted by Gasteiger charge is 2.25. The monoisotopic (exact) mass is 377 g/mol. The number of aromatic nitrogens is 1. The van der Waals surface area contributed by atoms with Gasteiger partial charge >= 0.3 is 0 Å².